The third-order valence-electron chi connectivity index (χ3n) is 1.86. The molecule has 1 rings (SSSR count). The molecule has 0 spiro atoms. The maximum Gasteiger partial charge on any atom is 0.302 e. The van der Waals surface area contributed by atoms with Crippen LogP contribution in [0.4, 0.5) is 0 Å². The molecule has 0 aromatic heterocycles. The number of carbonyl (C=O) groups is 1. The molecule has 1 saturated heterocycles. The molecule has 0 amide bonds. The molecule has 0 N–H and O–H groups in total. The number of ether oxygens (including phenoxy) is 2. The van der Waals surface area contributed by atoms with Crippen LogP contribution in [0, 0.1) is 0 Å². The zero-order chi connectivity index (χ0) is 8.97. The molecule has 3 nitrogen and oxygen atoms in total. The molecular formula is C8H14O3S. The summed E-state index contributed by atoms with van der Waals surface area (Å²) in [6.07, 6.45) is 1.77. The molecule has 0 aromatic carbocycles. The van der Waals surface area contributed by atoms with Crippen molar-refractivity contribution in [1.82, 2.24) is 0 Å². The van der Waals surface area contributed by atoms with E-state index in [0.717, 1.165) is 12.8 Å². The van der Waals surface area contributed by atoms with Gasteiger partial charge in [-0.1, -0.05) is 0 Å². The Kier molecular flexibility index (Phi) is 3.88. The van der Waals surface area contributed by atoms with Crippen molar-refractivity contribution >= 4 is 18.6 Å². The van der Waals surface area contributed by atoms with Crippen LogP contribution < -0.4 is 0 Å². The smallest absolute Gasteiger partial charge is 0.302 e. The Morgan fingerprint density at radius 3 is 3.08 bits per heavy atom. The molecule has 1 fully saturated rings. The molecule has 1 aliphatic rings. The fourth-order valence-electron chi connectivity index (χ4n) is 1.31. The zero-order valence-electron chi connectivity index (χ0n) is 7.16. The summed E-state index contributed by atoms with van der Waals surface area (Å²) in [6.45, 7) is 2.11. The number of esters is 1. The highest BCUT2D eigenvalue weighted by atomic mass is 32.1. The van der Waals surface area contributed by atoms with Gasteiger partial charge in [-0.2, -0.15) is 12.6 Å². The van der Waals surface area contributed by atoms with Gasteiger partial charge in [0.25, 0.3) is 0 Å². The lowest BCUT2D eigenvalue weighted by Crippen LogP contribution is -2.32. The van der Waals surface area contributed by atoms with Crippen molar-refractivity contribution in [3.05, 3.63) is 0 Å². The molecule has 70 valence electrons. The van der Waals surface area contributed by atoms with E-state index in [-0.39, 0.29) is 18.2 Å². The van der Waals surface area contributed by atoms with Crippen LogP contribution in [0.25, 0.3) is 0 Å². The summed E-state index contributed by atoms with van der Waals surface area (Å²) in [4.78, 5) is 10.6. The van der Waals surface area contributed by atoms with Gasteiger partial charge in [-0.05, 0) is 0 Å². The Morgan fingerprint density at radius 2 is 2.50 bits per heavy atom. The highest BCUT2D eigenvalue weighted by Crippen LogP contribution is 2.17. The number of rotatable bonds is 2. The Labute approximate surface area is 77.8 Å². The van der Waals surface area contributed by atoms with Crippen LogP contribution in [0.1, 0.15) is 19.8 Å². The van der Waals surface area contributed by atoms with Crippen molar-refractivity contribution in [3.8, 4) is 0 Å². The van der Waals surface area contributed by atoms with Crippen molar-refractivity contribution in [2.45, 2.75) is 32.0 Å². The first-order chi connectivity index (χ1) is 5.72. The van der Waals surface area contributed by atoms with Gasteiger partial charge in [0, 0.05) is 25.5 Å². The Balaban J connectivity index is 2.30. The van der Waals surface area contributed by atoms with Crippen LogP contribution in [0.15, 0.2) is 0 Å². The molecule has 0 saturated carbocycles. The predicted octanol–water partition coefficient (Wildman–Crippen LogP) is 1.03. The molecule has 12 heavy (non-hydrogen) atoms. The second kappa shape index (κ2) is 4.72. The van der Waals surface area contributed by atoms with Crippen LogP contribution in [0.3, 0.4) is 0 Å². The molecule has 1 heterocycles. The highest BCUT2D eigenvalue weighted by molar-refractivity contribution is 7.80. The van der Waals surface area contributed by atoms with E-state index >= 15 is 0 Å². The van der Waals surface area contributed by atoms with Crippen molar-refractivity contribution in [3.63, 3.8) is 0 Å². The molecule has 0 unspecified atom stereocenters. The summed E-state index contributed by atoms with van der Waals surface area (Å²) in [5, 5.41) is 0. The largest absolute Gasteiger partial charge is 0.462 e. The zero-order valence-corrected chi connectivity index (χ0v) is 8.05. The summed E-state index contributed by atoms with van der Waals surface area (Å²) < 4.78 is 10.4. The van der Waals surface area contributed by atoms with Gasteiger partial charge in [0.05, 0.1) is 12.7 Å². The first-order valence-electron chi connectivity index (χ1n) is 4.12. The van der Waals surface area contributed by atoms with Crippen molar-refractivity contribution < 1.29 is 14.3 Å². The van der Waals surface area contributed by atoms with Gasteiger partial charge >= 0.3 is 5.97 Å². The van der Waals surface area contributed by atoms with Crippen molar-refractivity contribution in [2.75, 3.05) is 12.4 Å². The van der Waals surface area contributed by atoms with Crippen LogP contribution in [0.5, 0.6) is 0 Å². The maximum absolute atomic E-state index is 10.6. The number of thiol groups is 1. The fraction of sp³-hybridized carbons (Fsp3) is 0.875. The molecule has 4 heteroatoms. The van der Waals surface area contributed by atoms with E-state index in [1.807, 2.05) is 0 Å². The summed E-state index contributed by atoms with van der Waals surface area (Å²) in [6, 6.07) is 0. The lowest BCUT2D eigenvalue weighted by atomic mass is 10.1. The summed E-state index contributed by atoms with van der Waals surface area (Å²) >= 11 is 4.13. The first-order valence-corrected chi connectivity index (χ1v) is 4.75. The lowest BCUT2D eigenvalue weighted by Gasteiger charge is -2.27. The van der Waals surface area contributed by atoms with E-state index in [9.17, 15) is 4.79 Å². The predicted molar refractivity (Wildman–Crippen MR) is 48.4 cm³/mol. The van der Waals surface area contributed by atoms with E-state index in [1.165, 1.54) is 6.92 Å². The minimum absolute atomic E-state index is 0.0356. The Hall–Kier alpha value is -0.220. The number of hydrogen-bond donors (Lipinski definition) is 1. The van der Waals surface area contributed by atoms with Crippen LogP contribution in [-0.4, -0.2) is 30.5 Å². The molecule has 2 atom stereocenters. The lowest BCUT2D eigenvalue weighted by molar-refractivity contribution is -0.152. The second-order valence-corrected chi connectivity index (χ2v) is 3.30. The topological polar surface area (TPSA) is 35.5 Å². The monoisotopic (exact) mass is 190 g/mol. The second-order valence-electron chi connectivity index (χ2n) is 2.93. The van der Waals surface area contributed by atoms with E-state index in [2.05, 4.69) is 12.6 Å². The van der Waals surface area contributed by atoms with Gasteiger partial charge in [-0.3, -0.25) is 4.79 Å². The van der Waals surface area contributed by atoms with Crippen LogP contribution >= 0.6 is 12.6 Å². The molecule has 0 aromatic rings. The summed E-state index contributed by atoms with van der Waals surface area (Å²) in [7, 11) is 0. The Morgan fingerprint density at radius 1 is 1.75 bits per heavy atom. The van der Waals surface area contributed by atoms with Crippen molar-refractivity contribution in [1.29, 1.82) is 0 Å². The van der Waals surface area contributed by atoms with Gasteiger partial charge in [-0.15, -0.1) is 0 Å². The third-order valence-corrected chi connectivity index (χ3v) is 2.26. The normalized spacial score (nSPS) is 29.8. The van der Waals surface area contributed by atoms with E-state index in [4.69, 9.17) is 9.47 Å². The summed E-state index contributed by atoms with van der Waals surface area (Å²) in [5.41, 5.74) is 0. The van der Waals surface area contributed by atoms with Gasteiger partial charge in [0.15, 0.2) is 0 Å². The average Bonchev–Trinajstić information content (AvgIpc) is 2.03. The van der Waals surface area contributed by atoms with E-state index in [1.54, 1.807) is 0 Å². The number of carbonyl (C=O) groups excluding carboxylic acids is 1. The Bertz CT molecular complexity index is 160. The minimum Gasteiger partial charge on any atom is -0.462 e. The average molecular weight is 190 g/mol. The van der Waals surface area contributed by atoms with Crippen LogP contribution in [-0.2, 0) is 14.3 Å². The number of hydrogen-bond acceptors (Lipinski definition) is 4. The van der Waals surface area contributed by atoms with E-state index in [0.29, 0.717) is 12.4 Å². The van der Waals surface area contributed by atoms with Crippen LogP contribution in [0.2, 0.25) is 0 Å². The summed E-state index contributed by atoms with van der Waals surface area (Å²) in [5.74, 6) is 0.484. The SMILES string of the molecule is CC(=O)O[C@@H]1CCO[C@H](CS)C1. The quantitative estimate of drug-likeness (QED) is 0.522. The van der Waals surface area contributed by atoms with Gasteiger partial charge in [0.2, 0.25) is 0 Å². The first kappa shape index (κ1) is 9.86. The fourth-order valence-corrected chi connectivity index (χ4v) is 1.57. The van der Waals surface area contributed by atoms with E-state index < -0.39 is 0 Å². The molecule has 1 aliphatic heterocycles. The van der Waals surface area contributed by atoms with Gasteiger partial charge < -0.3 is 9.47 Å². The molecule has 0 radical (unpaired) electrons. The maximum atomic E-state index is 10.6. The minimum atomic E-state index is -0.209. The van der Waals surface area contributed by atoms with Gasteiger partial charge in [0.1, 0.15) is 6.10 Å². The standard InChI is InChI=1S/C8H14O3S/c1-6(9)11-7-2-3-10-8(4-7)5-12/h7-8,12H,2-5H2,1H3/t7-,8+/m1/s1. The molecular weight excluding hydrogens is 176 g/mol. The molecule has 0 bridgehead atoms. The third kappa shape index (κ3) is 3.03. The molecule has 0 aliphatic carbocycles. The van der Waals surface area contributed by atoms with Gasteiger partial charge in [-0.25, -0.2) is 0 Å². The highest BCUT2D eigenvalue weighted by Gasteiger charge is 2.23. The van der Waals surface area contributed by atoms with Crippen molar-refractivity contribution in [2.24, 2.45) is 0 Å².